The first-order valence-electron chi connectivity index (χ1n) is 12.5. The molecule has 0 spiro atoms. The average Bonchev–Trinajstić information content (AvgIpc) is 3.61. The normalized spacial score (nSPS) is 20.8. The van der Waals surface area contributed by atoms with Crippen LogP contribution in [0.4, 0.5) is 0 Å². The summed E-state index contributed by atoms with van der Waals surface area (Å²) in [5, 5.41) is 0. The lowest BCUT2D eigenvalue weighted by atomic mass is 9.84. The van der Waals surface area contributed by atoms with E-state index in [0.717, 1.165) is 42.4 Å². The first-order valence-corrected chi connectivity index (χ1v) is 12.5. The molecule has 8 heteroatoms. The fraction of sp³-hybridized carbons (Fsp3) is 0.483. The Hall–Kier alpha value is -3.39. The number of carbonyl (C=O) groups is 1. The molecule has 1 saturated heterocycles. The van der Waals surface area contributed by atoms with Gasteiger partial charge in [-0.05, 0) is 67.0 Å². The molecule has 0 saturated carbocycles. The van der Waals surface area contributed by atoms with E-state index >= 15 is 0 Å². The van der Waals surface area contributed by atoms with Gasteiger partial charge in [0, 0.05) is 11.5 Å². The van der Waals surface area contributed by atoms with Gasteiger partial charge in [-0.1, -0.05) is 12.1 Å². The summed E-state index contributed by atoms with van der Waals surface area (Å²) < 4.78 is 39.7. The minimum absolute atomic E-state index is 0.0816. The van der Waals surface area contributed by atoms with Gasteiger partial charge in [-0.25, -0.2) is 4.79 Å². The van der Waals surface area contributed by atoms with Crippen molar-refractivity contribution in [1.29, 1.82) is 0 Å². The summed E-state index contributed by atoms with van der Waals surface area (Å²) >= 11 is 0. The molecule has 1 aliphatic carbocycles. The molecular formula is C29H36O8. The van der Waals surface area contributed by atoms with E-state index in [1.807, 2.05) is 36.4 Å². The van der Waals surface area contributed by atoms with E-state index in [4.69, 9.17) is 33.2 Å². The zero-order valence-corrected chi connectivity index (χ0v) is 22.2. The van der Waals surface area contributed by atoms with Crippen LogP contribution < -0.4 is 23.7 Å². The Morgan fingerprint density at radius 2 is 1.59 bits per heavy atom. The maximum absolute atomic E-state index is 12.7. The Balaban J connectivity index is 1.62. The summed E-state index contributed by atoms with van der Waals surface area (Å²) in [6.07, 6.45) is 5.08. The van der Waals surface area contributed by atoms with Crippen molar-refractivity contribution in [3.8, 4) is 28.7 Å². The van der Waals surface area contributed by atoms with Crippen molar-refractivity contribution in [1.82, 2.24) is 0 Å². The molecular weight excluding hydrogens is 476 g/mol. The molecule has 4 rings (SSSR count). The van der Waals surface area contributed by atoms with Crippen molar-refractivity contribution >= 4 is 5.97 Å². The van der Waals surface area contributed by atoms with Gasteiger partial charge < -0.3 is 33.2 Å². The number of hydrogen-bond acceptors (Lipinski definition) is 8. The van der Waals surface area contributed by atoms with E-state index in [1.54, 1.807) is 35.5 Å². The quantitative estimate of drug-likeness (QED) is 0.392. The van der Waals surface area contributed by atoms with Gasteiger partial charge in [0.05, 0.1) is 54.9 Å². The monoisotopic (exact) mass is 512 g/mol. The van der Waals surface area contributed by atoms with Gasteiger partial charge >= 0.3 is 5.97 Å². The van der Waals surface area contributed by atoms with Crippen molar-refractivity contribution in [3.63, 3.8) is 0 Å². The lowest BCUT2D eigenvalue weighted by Crippen LogP contribution is -2.25. The summed E-state index contributed by atoms with van der Waals surface area (Å²) in [5.41, 5.74) is 2.73. The highest BCUT2D eigenvalue weighted by Crippen LogP contribution is 2.46. The molecule has 0 N–H and O–H groups in total. The second-order valence-corrected chi connectivity index (χ2v) is 9.25. The van der Waals surface area contributed by atoms with Crippen molar-refractivity contribution in [2.75, 3.05) is 48.8 Å². The molecule has 0 bridgehead atoms. The van der Waals surface area contributed by atoms with Crippen LogP contribution in [0.15, 0.2) is 42.0 Å². The Morgan fingerprint density at radius 3 is 2.19 bits per heavy atom. The summed E-state index contributed by atoms with van der Waals surface area (Å²) in [7, 11) is 8.00. The Bertz CT molecular complexity index is 1100. The molecule has 2 aromatic carbocycles. The number of hydrogen-bond donors (Lipinski definition) is 0. The molecule has 1 heterocycles. The molecule has 1 fully saturated rings. The standard InChI is InChI=1S/C29H36O8/c1-31-23-11-10-18(13-24(23)32-2)12-21-16-36-27(22(21)17-37-29(30)19-8-6-7-9-19)20-14-25(33-3)28(35-5)26(15-20)34-4/h8,10-11,13-15,21-22,27H,6-7,9,12,16-17H2,1-5H3/t21-,22-,27+/m0/s1. The van der Waals surface area contributed by atoms with E-state index in [1.165, 1.54) is 0 Å². The smallest absolute Gasteiger partial charge is 0.333 e. The van der Waals surface area contributed by atoms with Crippen molar-refractivity contribution in [2.24, 2.45) is 11.8 Å². The Morgan fingerprint density at radius 1 is 0.892 bits per heavy atom. The average molecular weight is 513 g/mol. The van der Waals surface area contributed by atoms with Crippen LogP contribution in [0, 0.1) is 11.8 Å². The van der Waals surface area contributed by atoms with Crippen LogP contribution in [0.1, 0.15) is 36.5 Å². The summed E-state index contributed by atoms with van der Waals surface area (Å²) in [4.78, 5) is 12.7. The number of carbonyl (C=O) groups excluding carboxylic acids is 1. The van der Waals surface area contributed by atoms with E-state index in [2.05, 4.69) is 0 Å². The molecule has 3 atom stereocenters. The zero-order chi connectivity index (χ0) is 26.4. The maximum Gasteiger partial charge on any atom is 0.333 e. The van der Waals surface area contributed by atoms with Crippen LogP contribution in [0.2, 0.25) is 0 Å². The molecule has 200 valence electrons. The first-order chi connectivity index (χ1) is 18.0. The van der Waals surface area contributed by atoms with Gasteiger partial charge in [-0.3, -0.25) is 0 Å². The Kier molecular flexibility index (Phi) is 8.82. The van der Waals surface area contributed by atoms with Crippen LogP contribution in [-0.2, 0) is 20.7 Å². The van der Waals surface area contributed by atoms with Crippen LogP contribution >= 0.6 is 0 Å². The van der Waals surface area contributed by atoms with E-state index < -0.39 is 0 Å². The minimum atomic E-state index is -0.316. The number of ether oxygens (including phenoxy) is 7. The van der Waals surface area contributed by atoms with Crippen molar-refractivity contribution in [2.45, 2.75) is 31.8 Å². The minimum Gasteiger partial charge on any atom is -0.493 e. The van der Waals surface area contributed by atoms with Gasteiger partial charge in [0.1, 0.15) is 0 Å². The molecule has 0 unspecified atom stereocenters. The van der Waals surface area contributed by atoms with Gasteiger partial charge in [-0.15, -0.1) is 0 Å². The van der Waals surface area contributed by atoms with Crippen LogP contribution in [0.25, 0.3) is 0 Å². The highest BCUT2D eigenvalue weighted by molar-refractivity contribution is 5.88. The zero-order valence-electron chi connectivity index (χ0n) is 22.2. The number of rotatable bonds is 11. The van der Waals surface area contributed by atoms with E-state index in [-0.39, 0.29) is 30.5 Å². The van der Waals surface area contributed by atoms with Crippen molar-refractivity contribution < 1.29 is 38.0 Å². The fourth-order valence-electron chi connectivity index (χ4n) is 5.20. The Labute approximate surface area is 218 Å². The highest BCUT2D eigenvalue weighted by atomic mass is 16.5. The number of esters is 1. The SMILES string of the molecule is COc1ccc(C[C@H]2CO[C@H](c3cc(OC)c(OC)c(OC)c3)[C@H]2COC(=O)C2=CCCC2)cc1OC. The van der Waals surface area contributed by atoms with Gasteiger partial charge in [-0.2, -0.15) is 0 Å². The van der Waals surface area contributed by atoms with Gasteiger partial charge in [0.25, 0.3) is 0 Å². The third kappa shape index (κ3) is 5.80. The topological polar surface area (TPSA) is 81.7 Å². The van der Waals surface area contributed by atoms with E-state index in [9.17, 15) is 4.79 Å². The largest absolute Gasteiger partial charge is 0.493 e. The summed E-state index contributed by atoms with van der Waals surface area (Å²) in [6, 6.07) is 9.72. The lowest BCUT2D eigenvalue weighted by Gasteiger charge is -2.25. The third-order valence-corrected chi connectivity index (χ3v) is 7.16. The molecule has 0 aromatic heterocycles. The van der Waals surface area contributed by atoms with Gasteiger partial charge in [0.2, 0.25) is 5.75 Å². The fourth-order valence-corrected chi connectivity index (χ4v) is 5.20. The number of benzene rings is 2. The predicted molar refractivity (Wildman–Crippen MR) is 138 cm³/mol. The number of methoxy groups -OCH3 is 5. The maximum atomic E-state index is 12.7. The molecule has 2 aromatic rings. The summed E-state index contributed by atoms with van der Waals surface area (Å²) in [6.45, 7) is 0.760. The molecule has 37 heavy (non-hydrogen) atoms. The molecule has 2 aliphatic rings. The predicted octanol–water partition coefficient (Wildman–Crippen LogP) is 4.93. The highest BCUT2D eigenvalue weighted by Gasteiger charge is 2.40. The van der Waals surface area contributed by atoms with Gasteiger partial charge in [0.15, 0.2) is 23.0 Å². The van der Waals surface area contributed by atoms with Crippen LogP contribution in [-0.4, -0.2) is 54.7 Å². The first kappa shape index (κ1) is 26.7. The van der Waals surface area contributed by atoms with Crippen LogP contribution in [0.3, 0.4) is 0 Å². The molecule has 0 radical (unpaired) electrons. The molecule has 8 nitrogen and oxygen atoms in total. The number of allylic oxidation sites excluding steroid dienone is 1. The molecule has 0 amide bonds. The molecule has 1 aliphatic heterocycles. The summed E-state index contributed by atoms with van der Waals surface area (Å²) in [5.74, 6) is 2.76. The second kappa shape index (κ2) is 12.2. The second-order valence-electron chi connectivity index (χ2n) is 9.25. The van der Waals surface area contributed by atoms with Crippen molar-refractivity contribution in [3.05, 3.63) is 53.1 Å². The van der Waals surface area contributed by atoms with Crippen LogP contribution in [0.5, 0.6) is 28.7 Å². The lowest BCUT2D eigenvalue weighted by molar-refractivity contribution is -0.141. The van der Waals surface area contributed by atoms with E-state index in [0.29, 0.717) is 35.4 Å². The third-order valence-electron chi connectivity index (χ3n) is 7.16.